The van der Waals surface area contributed by atoms with E-state index in [0.29, 0.717) is 0 Å². The SMILES string of the molecule is CC[NH][Ti]([CH3])([CH3])([CH3])[CH3]. The third-order valence-electron chi connectivity index (χ3n) is 0.884. The molecule has 0 atom stereocenters. The molecule has 1 nitrogen and oxygen atoms in total. The van der Waals surface area contributed by atoms with Gasteiger partial charge < -0.3 is 0 Å². The van der Waals surface area contributed by atoms with Crippen molar-refractivity contribution in [1.82, 2.24) is 3.80 Å². The molecule has 51 valence electrons. The predicted octanol–water partition coefficient (Wildman–Crippen LogP) is 2.39. The number of hydrogen-bond donors (Lipinski definition) is 1. The van der Waals surface area contributed by atoms with E-state index in [1.54, 1.807) is 0 Å². The second-order valence-corrected chi connectivity index (χ2v) is 17.6. The van der Waals surface area contributed by atoms with Crippen LogP contribution >= 0.6 is 0 Å². The van der Waals surface area contributed by atoms with Crippen LogP contribution in [0, 0.1) is 0 Å². The van der Waals surface area contributed by atoms with Crippen molar-refractivity contribution in [3.05, 3.63) is 0 Å². The average molecular weight is 152 g/mol. The van der Waals surface area contributed by atoms with E-state index in [4.69, 9.17) is 0 Å². The molecule has 0 rings (SSSR count). The molecule has 0 heterocycles. The van der Waals surface area contributed by atoms with E-state index in [2.05, 4.69) is 31.6 Å². The van der Waals surface area contributed by atoms with Crippen LogP contribution in [0.3, 0.4) is 0 Å². The molecule has 0 spiro atoms. The van der Waals surface area contributed by atoms with Crippen molar-refractivity contribution in [2.45, 2.75) is 27.8 Å². The van der Waals surface area contributed by atoms with E-state index in [0.717, 1.165) is 6.54 Å². The number of rotatable bonds is 2. The standard InChI is InChI=1S/C2H6N.4CH3.Ti/c1-2-3;;;;;/h3H,2H2,1H3;4*1H3;/q-1;;;;;+1. The van der Waals surface area contributed by atoms with Crippen LogP contribution in [0.25, 0.3) is 0 Å². The first-order chi connectivity index (χ1) is 3.31. The Morgan fingerprint density at radius 2 is 1.50 bits per heavy atom. The Bertz CT molecular complexity index is 71.0. The summed E-state index contributed by atoms with van der Waals surface area (Å²) in [5.74, 6) is 0. The Labute approximate surface area is 54.1 Å². The fourth-order valence-corrected chi connectivity index (χ4v) is 2.92. The van der Waals surface area contributed by atoms with Crippen molar-refractivity contribution < 1.29 is 15.6 Å². The van der Waals surface area contributed by atoms with Crippen LogP contribution in [0.2, 0.25) is 20.9 Å². The van der Waals surface area contributed by atoms with E-state index in [1.807, 2.05) is 0 Å². The van der Waals surface area contributed by atoms with Gasteiger partial charge in [-0.25, -0.2) is 0 Å². The summed E-state index contributed by atoms with van der Waals surface area (Å²) in [6.45, 7) is 3.29. The van der Waals surface area contributed by atoms with Gasteiger partial charge in [0.05, 0.1) is 0 Å². The van der Waals surface area contributed by atoms with Crippen LogP contribution in [-0.4, -0.2) is 6.54 Å². The molecule has 8 heavy (non-hydrogen) atoms. The molecule has 0 aromatic rings. The van der Waals surface area contributed by atoms with Crippen LogP contribution in [-0.2, 0) is 15.6 Å². The molecule has 0 aromatic heterocycles. The third kappa shape index (κ3) is 6.67. The minimum atomic E-state index is -1.95. The molecule has 0 aliphatic rings. The van der Waals surface area contributed by atoms with E-state index in [-0.39, 0.29) is 0 Å². The van der Waals surface area contributed by atoms with Crippen LogP contribution in [0.4, 0.5) is 0 Å². The van der Waals surface area contributed by atoms with E-state index >= 15 is 0 Å². The summed E-state index contributed by atoms with van der Waals surface area (Å²) in [5, 5.41) is 9.50. The molecule has 0 radical (unpaired) electrons. The topological polar surface area (TPSA) is 12.0 Å². The average Bonchev–Trinajstić information content (AvgIpc) is 1.25. The Hall–Kier alpha value is 0.674. The summed E-state index contributed by atoms with van der Waals surface area (Å²) in [4.78, 5) is 0. The van der Waals surface area contributed by atoms with Crippen molar-refractivity contribution in [2.24, 2.45) is 0 Å². The molecular weight excluding hydrogens is 134 g/mol. The third-order valence-corrected chi connectivity index (χ3v) is 3.64. The van der Waals surface area contributed by atoms with Crippen molar-refractivity contribution in [3.8, 4) is 0 Å². The van der Waals surface area contributed by atoms with Gasteiger partial charge in [-0.1, -0.05) is 0 Å². The molecule has 0 amide bonds. The molecule has 0 aliphatic carbocycles. The van der Waals surface area contributed by atoms with Gasteiger partial charge in [-0.2, -0.15) is 0 Å². The Morgan fingerprint density at radius 3 is 1.50 bits per heavy atom. The first kappa shape index (κ1) is 8.67. The van der Waals surface area contributed by atoms with Gasteiger partial charge >= 0.3 is 53.7 Å². The molecule has 0 bridgehead atoms. The summed E-state index contributed by atoms with van der Waals surface area (Å²) in [5.41, 5.74) is 0. The van der Waals surface area contributed by atoms with Gasteiger partial charge in [0, 0.05) is 0 Å². The summed E-state index contributed by atoms with van der Waals surface area (Å²) in [6, 6.07) is 0. The maximum atomic E-state index is 3.55. The second-order valence-electron chi connectivity index (χ2n) is 4.53. The van der Waals surface area contributed by atoms with Gasteiger partial charge in [-0.3, -0.25) is 0 Å². The first-order valence-electron chi connectivity index (χ1n) is 3.31. The fraction of sp³-hybridized carbons (Fsp3) is 1.00. The summed E-state index contributed by atoms with van der Waals surface area (Å²) in [7, 11) is 0. The molecule has 0 aliphatic heterocycles. The summed E-state index contributed by atoms with van der Waals surface area (Å²) < 4.78 is 3.55. The van der Waals surface area contributed by atoms with Crippen molar-refractivity contribution in [3.63, 3.8) is 0 Å². The van der Waals surface area contributed by atoms with Gasteiger partial charge in [0.1, 0.15) is 0 Å². The maximum absolute atomic E-state index is 3.55. The molecule has 0 saturated carbocycles. The zero-order valence-electron chi connectivity index (χ0n) is 6.71. The number of nitrogens with one attached hydrogen (secondary N) is 1. The summed E-state index contributed by atoms with van der Waals surface area (Å²) in [6.07, 6.45) is 0. The minimum absolute atomic E-state index is 1.12. The monoisotopic (exact) mass is 152 g/mol. The molecule has 0 aromatic carbocycles. The van der Waals surface area contributed by atoms with Crippen molar-refractivity contribution >= 4 is 0 Å². The first-order valence-corrected chi connectivity index (χ1v) is 10.3. The zero-order valence-corrected chi connectivity index (χ0v) is 8.27. The Morgan fingerprint density at radius 1 is 1.12 bits per heavy atom. The molecule has 0 saturated heterocycles. The van der Waals surface area contributed by atoms with Gasteiger partial charge in [-0.15, -0.1) is 0 Å². The van der Waals surface area contributed by atoms with Crippen LogP contribution in [0.1, 0.15) is 6.92 Å². The summed E-state index contributed by atoms with van der Waals surface area (Å²) >= 11 is -1.95. The normalized spacial score (nSPS) is 17.4. The van der Waals surface area contributed by atoms with Gasteiger partial charge in [0.15, 0.2) is 0 Å². The Balaban J connectivity index is 3.73. The van der Waals surface area contributed by atoms with Crippen LogP contribution in [0.5, 0.6) is 0 Å². The molecule has 0 unspecified atom stereocenters. The van der Waals surface area contributed by atoms with Gasteiger partial charge in [-0.05, 0) is 0 Å². The van der Waals surface area contributed by atoms with E-state index in [1.165, 1.54) is 0 Å². The zero-order chi connectivity index (χ0) is 6.86. The van der Waals surface area contributed by atoms with Crippen LogP contribution < -0.4 is 3.80 Å². The van der Waals surface area contributed by atoms with Gasteiger partial charge in [0.2, 0.25) is 0 Å². The molecule has 2 heteroatoms. The molecule has 1 N–H and O–H groups in total. The van der Waals surface area contributed by atoms with Crippen LogP contribution in [0.15, 0.2) is 0 Å². The van der Waals surface area contributed by atoms with Crippen molar-refractivity contribution in [1.29, 1.82) is 0 Å². The fourth-order valence-electron chi connectivity index (χ4n) is 0.707. The Kier molecular flexibility index (Phi) is 2.31. The second kappa shape index (κ2) is 2.13. The van der Waals surface area contributed by atoms with E-state index in [9.17, 15) is 0 Å². The van der Waals surface area contributed by atoms with Crippen molar-refractivity contribution in [2.75, 3.05) is 6.54 Å². The predicted molar refractivity (Wildman–Crippen MR) is 37.1 cm³/mol. The van der Waals surface area contributed by atoms with Gasteiger partial charge in [0.25, 0.3) is 0 Å². The quantitative estimate of drug-likeness (QED) is 0.599. The molecular formula is C6H18NTi. The number of hydrogen-bond acceptors (Lipinski definition) is 1. The molecule has 0 fully saturated rings. The van der Waals surface area contributed by atoms with E-state index < -0.39 is 15.6 Å².